The number of halogens is 1. The fraction of sp³-hybridized carbons (Fsp3) is 0.100. The number of hydrogen-bond acceptors (Lipinski definition) is 3. The summed E-state index contributed by atoms with van der Waals surface area (Å²) in [7, 11) is 0. The largest absolute Gasteiger partial charge is 0.376 e. The lowest BCUT2D eigenvalue weighted by Crippen LogP contribution is -2.19. The zero-order chi connectivity index (χ0) is 12.4. The lowest BCUT2D eigenvalue weighted by atomic mass is 10.2. The summed E-state index contributed by atoms with van der Waals surface area (Å²) in [6.07, 6.45) is 1.45. The zero-order valence-electron chi connectivity index (χ0n) is 9.01. The molecule has 88 valence electrons. The van der Waals surface area contributed by atoms with Gasteiger partial charge in [0.15, 0.2) is 10.9 Å². The number of nitrogens with zero attached hydrogens (tertiary/aromatic N) is 3. The van der Waals surface area contributed by atoms with E-state index in [4.69, 9.17) is 5.73 Å². The van der Waals surface area contributed by atoms with Crippen LogP contribution in [0, 0.1) is 12.7 Å². The van der Waals surface area contributed by atoms with Crippen LogP contribution in [0.15, 0.2) is 24.5 Å². The minimum atomic E-state index is -0.434. The molecule has 2 rings (SSSR count). The van der Waals surface area contributed by atoms with Crippen molar-refractivity contribution in [2.75, 3.05) is 5.32 Å². The summed E-state index contributed by atoms with van der Waals surface area (Å²) in [5.41, 5.74) is 6.11. The van der Waals surface area contributed by atoms with Gasteiger partial charge in [0.25, 0.3) is 0 Å². The van der Waals surface area contributed by atoms with E-state index >= 15 is 0 Å². The Balaban J connectivity index is 2.34. The van der Waals surface area contributed by atoms with Crippen molar-refractivity contribution in [2.45, 2.75) is 6.92 Å². The van der Waals surface area contributed by atoms with Crippen molar-refractivity contribution in [3.63, 3.8) is 0 Å². The van der Waals surface area contributed by atoms with Crippen molar-refractivity contribution in [1.82, 2.24) is 14.8 Å². The Hall–Kier alpha value is -2.02. The van der Waals surface area contributed by atoms with Crippen LogP contribution >= 0.6 is 12.2 Å². The van der Waals surface area contributed by atoms with E-state index < -0.39 is 5.82 Å². The molecule has 0 bridgehead atoms. The van der Waals surface area contributed by atoms with Crippen molar-refractivity contribution in [3.8, 4) is 5.69 Å². The molecule has 0 amide bonds. The third kappa shape index (κ3) is 2.56. The van der Waals surface area contributed by atoms with Crippen LogP contribution in [0.2, 0.25) is 0 Å². The van der Waals surface area contributed by atoms with E-state index in [-0.39, 0.29) is 5.11 Å². The molecule has 5 nitrogen and oxygen atoms in total. The molecule has 0 aliphatic heterocycles. The Bertz CT molecular complexity index is 566. The predicted molar refractivity (Wildman–Crippen MR) is 66.5 cm³/mol. The molecule has 0 fully saturated rings. The maximum atomic E-state index is 13.8. The second-order valence-electron chi connectivity index (χ2n) is 3.39. The van der Waals surface area contributed by atoms with Crippen LogP contribution in [0.4, 0.5) is 10.1 Å². The molecular formula is C10H10FN5S. The first kappa shape index (κ1) is 11.5. The Labute approximate surface area is 102 Å². The molecule has 1 aromatic carbocycles. The van der Waals surface area contributed by atoms with Crippen LogP contribution in [-0.2, 0) is 0 Å². The smallest absolute Gasteiger partial charge is 0.168 e. The van der Waals surface area contributed by atoms with E-state index in [0.29, 0.717) is 17.2 Å². The van der Waals surface area contributed by atoms with Crippen LogP contribution in [0.25, 0.3) is 5.69 Å². The number of nitrogens with one attached hydrogen (secondary N) is 1. The number of aromatic nitrogens is 3. The Morgan fingerprint density at radius 3 is 2.82 bits per heavy atom. The normalized spacial score (nSPS) is 10.2. The molecule has 1 aromatic heterocycles. The van der Waals surface area contributed by atoms with Crippen LogP contribution in [0.5, 0.6) is 0 Å². The summed E-state index contributed by atoms with van der Waals surface area (Å²) in [4.78, 5) is 3.93. The van der Waals surface area contributed by atoms with Crippen molar-refractivity contribution in [2.24, 2.45) is 5.73 Å². The first-order valence-corrected chi connectivity index (χ1v) is 5.22. The molecule has 0 saturated carbocycles. The summed E-state index contributed by atoms with van der Waals surface area (Å²) in [5.74, 6) is 0.144. The highest BCUT2D eigenvalue weighted by Crippen LogP contribution is 2.17. The number of hydrogen-bond donors (Lipinski definition) is 2. The van der Waals surface area contributed by atoms with Gasteiger partial charge in [-0.15, -0.1) is 0 Å². The Kier molecular flexibility index (Phi) is 3.01. The van der Waals surface area contributed by atoms with E-state index in [1.807, 2.05) is 0 Å². The SMILES string of the molecule is Cc1ncn(-c2ccc(NC(N)=S)cc2F)n1. The molecule has 1 heterocycles. The van der Waals surface area contributed by atoms with Gasteiger partial charge in [-0.05, 0) is 37.3 Å². The van der Waals surface area contributed by atoms with Crippen LogP contribution in [0.1, 0.15) is 5.82 Å². The zero-order valence-corrected chi connectivity index (χ0v) is 9.83. The molecule has 3 N–H and O–H groups in total. The summed E-state index contributed by atoms with van der Waals surface area (Å²) in [5, 5.41) is 6.77. The molecule has 17 heavy (non-hydrogen) atoms. The van der Waals surface area contributed by atoms with Crippen LogP contribution in [-0.4, -0.2) is 19.9 Å². The monoisotopic (exact) mass is 251 g/mol. The number of benzene rings is 1. The van der Waals surface area contributed by atoms with Gasteiger partial charge in [0.2, 0.25) is 0 Å². The molecule has 0 saturated heterocycles. The fourth-order valence-electron chi connectivity index (χ4n) is 1.37. The lowest BCUT2D eigenvalue weighted by Gasteiger charge is -2.06. The van der Waals surface area contributed by atoms with Gasteiger partial charge < -0.3 is 11.1 Å². The molecule has 0 aliphatic rings. The van der Waals surface area contributed by atoms with Gasteiger partial charge >= 0.3 is 0 Å². The second kappa shape index (κ2) is 4.46. The summed E-state index contributed by atoms with van der Waals surface area (Å²) in [6.45, 7) is 1.73. The summed E-state index contributed by atoms with van der Waals surface area (Å²) in [6, 6.07) is 4.53. The number of rotatable bonds is 2. The first-order chi connectivity index (χ1) is 8.06. The van der Waals surface area contributed by atoms with Gasteiger partial charge in [0, 0.05) is 5.69 Å². The Morgan fingerprint density at radius 2 is 2.29 bits per heavy atom. The van der Waals surface area contributed by atoms with E-state index in [0.717, 1.165) is 0 Å². The van der Waals surface area contributed by atoms with E-state index in [2.05, 4.69) is 27.6 Å². The number of anilines is 1. The standard InChI is InChI=1S/C10H10FN5S/c1-6-13-5-16(15-6)9-3-2-7(4-8(9)11)14-10(12)17/h2-5H,1H3,(H3,12,14,17). The predicted octanol–water partition coefficient (Wildman–Crippen LogP) is 1.37. The van der Waals surface area contributed by atoms with E-state index in [9.17, 15) is 4.39 Å². The molecule has 0 unspecified atom stereocenters. The van der Waals surface area contributed by atoms with Crippen molar-refractivity contribution in [3.05, 3.63) is 36.2 Å². The molecule has 0 radical (unpaired) electrons. The Morgan fingerprint density at radius 1 is 1.53 bits per heavy atom. The van der Waals surface area contributed by atoms with Gasteiger partial charge in [0.1, 0.15) is 17.8 Å². The average Bonchev–Trinajstić information content (AvgIpc) is 2.64. The van der Waals surface area contributed by atoms with Crippen molar-refractivity contribution >= 4 is 23.0 Å². The van der Waals surface area contributed by atoms with Crippen molar-refractivity contribution in [1.29, 1.82) is 0 Å². The van der Waals surface area contributed by atoms with Gasteiger partial charge in [-0.2, -0.15) is 5.10 Å². The summed E-state index contributed by atoms with van der Waals surface area (Å²) >= 11 is 4.67. The van der Waals surface area contributed by atoms with Crippen molar-refractivity contribution < 1.29 is 4.39 Å². The van der Waals surface area contributed by atoms with Crippen LogP contribution < -0.4 is 11.1 Å². The topological polar surface area (TPSA) is 68.8 Å². The fourth-order valence-corrected chi connectivity index (χ4v) is 1.49. The highest BCUT2D eigenvalue weighted by molar-refractivity contribution is 7.80. The van der Waals surface area contributed by atoms with Gasteiger partial charge in [-0.3, -0.25) is 0 Å². The van der Waals surface area contributed by atoms with Gasteiger partial charge in [0.05, 0.1) is 0 Å². The van der Waals surface area contributed by atoms with E-state index in [1.165, 1.54) is 17.1 Å². The van der Waals surface area contributed by atoms with Crippen LogP contribution in [0.3, 0.4) is 0 Å². The highest BCUT2D eigenvalue weighted by Gasteiger charge is 2.07. The van der Waals surface area contributed by atoms with Gasteiger partial charge in [-0.25, -0.2) is 14.1 Å². The first-order valence-electron chi connectivity index (χ1n) is 4.81. The molecule has 2 aromatic rings. The number of aryl methyl sites for hydroxylation is 1. The summed E-state index contributed by atoms with van der Waals surface area (Å²) < 4.78 is 15.2. The molecule has 0 aliphatic carbocycles. The second-order valence-corrected chi connectivity index (χ2v) is 3.83. The lowest BCUT2D eigenvalue weighted by molar-refractivity contribution is 0.611. The van der Waals surface area contributed by atoms with E-state index in [1.54, 1.807) is 19.1 Å². The molecular weight excluding hydrogens is 241 g/mol. The molecule has 0 spiro atoms. The molecule has 7 heteroatoms. The average molecular weight is 251 g/mol. The number of nitrogens with two attached hydrogens (primary N) is 1. The number of thiocarbonyl (C=S) groups is 1. The third-order valence-corrected chi connectivity index (χ3v) is 2.17. The molecule has 0 atom stereocenters. The van der Waals surface area contributed by atoms with Gasteiger partial charge in [-0.1, -0.05) is 0 Å². The maximum Gasteiger partial charge on any atom is 0.168 e. The minimum absolute atomic E-state index is 0.0914. The maximum absolute atomic E-state index is 13.8. The highest BCUT2D eigenvalue weighted by atomic mass is 32.1. The third-order valence-electron chi connectivity index (χ3n) is 2.07. The quantitative estimate of drug-likeness (QED) is 0.789. The minimum Gasteiger partial charge on any atom is -0.376 e.